The lowest BCUT2D eigenvalue weighted by atomic mass is 10.1. The van der Waals surface area contributed by atoms with E-state index in [1.165, 1.54) is 67.7 Å². The van der Waals surface area contributed by atoms with Gasteiger partial charge >= 0.3 is 5.97 Å². The highest BCUT2D eigenvalue weighted by atomic mass is 19.1. The van der Waals surface area contributed by atoms with E-state index >= 15 is 0 Å². The van der Waals surface area contributed by atoms with Crippen molar-refractivity contribution in [3.63, 3.8) is 0 Å². The molecule has 0 saturated carbocycles. The van der Waals surface area contributed by atoms with Crippen LogP contribution in [-0.4, -0.2) is 48.9 Å². The Kier molecular flexibility index (Phi) is 7.10. The molecule has 0 aromatic heterocycles. The van der Waals surface area contributed by atoms with Gasteiger partial charge in [-0.1, -0.05) is 18.2 Å². The van der Waals surface area contributed by atoms with Crippen molar-refractivity contribution in [2.24, 2.45) is 0 Å². The van der Waals surface area contributed by atoms with Gasteiger partial charge < -0.3 is 14.4 Å². The lowest BCUT2D eigenvalue weighted by Crippen LogP contribution is -2.45. The Bertz CT molecular complexity index is 1310. The molecule has 1 atom stereocenters. The van der Waals surface area contributed by atoms with Gasteiger partial charge in [-0.15, -0.1) is 0 Å². The Balaban J connectivity index is 1.67. The summed E-state index contributed by atoms with van der Waals surface area (Å²) >= 11 is 0. The first kappa shape index (κ1) is 24.6. The molecule has 184 valence electrons. The highest BCUT2D eigenvalue weighted by Gasteiger charge is 2.44. The summed E-state index contributed by atoms with van der Waals surface area (Å²) in [6, 6.07) is 16.8. The van der Waals surface area contributed by atoms with Crippen molar-refractivity contribution in [3.8, 4) is 5.75 Å². The number of benzene rings is 3. The Hall–Kier alpha value is -4.53. The summed E-state index contributed by atoms with van der Waals surface area (Å²) in [5.41, 5.74) is 1.41. The number of carbonyl (C=O) groups is 4. The van der Waals surface area contributed by atoms with Crippen molar-refractivity contribution < 1.29 is 33.0 Å². The first-order valence-electron chi connectivity index (χ1n) is 11.1. The Labute approximate surface area is 206 Å². The highest BCUT2D eigenvalue weighted by Crippen LogP contribution is 2.29. The topological polar surface area (TPSA) is 93.2 Å². The van der Waals surface area contributed by atoms with Gasteiger partial charge in [-0.25, -0.2) is 14.1 Å². The third kappa shape index (κ3) is 4.95. The second-order valence-corrected chi connectivity index (χ2v) is 8.12. The van der Waals surface area contributed by atoms with Crippen LogP contribution < -0.4 is 9.64 Å². The number of amides is 3. The number of ether oxygens (including phenoxy) is 2. The van der Waals surface area contributed by atoms with Crippen LogP contribution in [0.1, 0.15) is 32.7 Å². The number of methoxy groups -OCH3 is 2. The molecule has 1 fully saturated rings. The van der Waals surface area contributed by atoms with Gasteiger partial charge in [0, 0.05) is 12.1 Å². The monoisotopic (exact) mass is 490 g/mol. The maximum atomic E-state index is 13.6. The Morgan fingerprint density at radius 3 is 2.31 bits per heavy atom. The van der Waals surface area contributed by atoms with Crippen molar-refractivity contribution in [2.45, 2.75) is 19.0 Å². The lowest BCUT2D eigenvalue weighted by Gasteiger charge is -2.28. The minimum Gasteiger partial charge on any atom is -0.497 e. The summed E-state index contributed by atoms with van der Waals surface area (Å²) in [6.45, 7) is -0.0187. The van der Waals surface area contributed by atoms with Gasteiger partial charge in [-0.3, -0.25) is 14.4 Å². The minimum absolute atomic E-state index is 0.0187. The maximum absolute atomic E-state index is 13.6. The van der Waals surface area contributed by atoms with E-state index in [-0.39, 0.29) is 29.8 Å². The third-order valence-electron chi connectivity index (χ3n) is 5.89. The molecule has 1 aliphatic heterocycles. The van der Waals surface area contributed by atoms with Crippen molar-refractivity contribution in [3.05, 3.63) is 95.3 Å². The number of imide groups is 1. The van der Waals surface area contributed by atoms with Crippen molar-refractivity contribution in [2.75, 3.05) is 19.1 Å². The average Bonchev–Trinajstić information content (AvgIpc) is 3.20. The zero-order valence-electron chi connectivity index (χ0n) is 19.6. The van der Waals surface area contributed by atoms with Gasteiger partial charge in [0.2, 0.25) is 5.91 Å². The average molecular weight is 490 g/mol. The summed E-state index contributed by atoms with van der Waals surface area (Å²) in [7, 11) is 2.73. The van der Waals surface area contributed by atoms with Crippen molar-refractivity contribution in [1.29, 1.82) is 0 Å². The maximum Gasteiger partial charge on any atom is 0.337 e. The Morgan fingerprint density at radius 2 is 1.67 bits per heavy atom. The molecule has 3 aromatic rings. The molecule has 4 rings (SSSR count). The summed E-state index contributed by atoms with van der Waals surface area (Å²) in [5.74, 6) is -2.07. The van der Waals surface area contributed by atoms with E-state index in [4.69, 9.17) is 4.74 Å². The number of halogens is 1. The molecule has 8 nitrogen and oxygen atoms in total. The second-order valence-electron chi connectivity index (χ2n) is 8.12. The van der Waals surface area contributed by atoms with Gasteiger partial charge in [-0.05, 0) is 60.2 Å². The molecule has 3 amide bonds. The van der Waals surface area contributed by atoms with Crippen LogP contribution in [0.2, 0.25) is 0 Å². The lowest BCUT2D eigenvalue weighted by molar-refractivity contribution is -0.122. The molecule has 1 heterocycles. The van der Waals surface area contributed by atoms with Crippen LogP contribution in [0.25, 0.3) is 0 Å². The standard InChI is InChI=1S/C27H23FN2O6/c1-35-22-5-3-4-19(14-22)25(32)29(16-17-6-10-20(28)11-7-17)23-15-24(31)30(26(23)33)21-12-8-18(9-13-21)27(34)36-2/h3-14,23H,15-16H2,1-2H3. The number of anilines is 1. The first-order chi connectivity index (χ1) is 17.3. The summed E-state index contributed by atoms with van der Waals surface area (Å²) in [5, 5.41) is 0. The molecule has 0 bridgehead atoms. The quantitative estimate of drug-likeness (QED) is 0.371. The van der Waals surface area contributed by atoms with E-state index in [0.29, 0.717) is 11.3 Å². The smallest absolute Gasteiger partial charge is 0.337 e. The molecule has 3 aromatic carbocycles. The normalized spacial score (nSPS) is 15.1. The number of rotatable bonds is 7. The van der Waals surface area contributed by atoms with E-state index in [1.807, 2.05) is 0 Å². The fourth-order valence-electron chi connectivity index (χ4n) is 4.03. The van der Waals surface area contributed by atoms with E-state index < -0.39 is 35.5 Å². The van der Waals surface area contributed by atoms with Crippen LogP contribution in [0.4, 0.5) is 10.1 Å². The van der Waals surface area contributed by atoms with Crippen molar-refractivity contribution >= 4 is 29.4 Å². The van der Waals surface area contributed by atoms with E-state index in [2.05, 4.69) is 4.74 Å². The predicted molar refractivity (Wildman–Crippen MR) is 128 cm³/mol. The molecule has 0 N–H and O–H groups in total. The summed E-state index contributed by atoms with van der Waals surface area (Å²) in [6.07, 6.45) is -0.228. The van der Waals surface area contributed by atoms with Crippen molar-refractivity contribution in [1.82, 2.24) is 4.90 Å². The third-order valence-corrected chi connectivity index (χ3v) is 5.89. The minimum atomic E-state index is -1.08. The van der Waals surface area contributed by atoms with Crippen LogP contribution >= 0.6 is 0 Å². The van der Waals surface area contributed by atoms with Gasteiger partial charge in [0.15, 0.2) is 0 Å². The van der Waals surface area contributed by atoms with Gasteiger partial charge in [0.1, 0.15) is 17.6 Å². The van der Waals surface area contributed by atoms with Crippen LogP contribution in [-0.2, 0) is 20.9 Å². The van der Waals surface area contributed by atoms with Gasteiger partial charge in [0.05, 0.1) is 31.9 Å². The largest absolute Gasteiger partial charge is 0.497 e. The SMILES string of the molecule is COC(=O)c1ccc(N2C(=O)CC(N(Cc3ccc(F)cc3)C(=O)c3cccc(OC)c3)C2=O)cc1. The number of carbonyl (C=O) groups excluding carboxylic acids is 4. The predicted octanol–water partition coefficient (Wildman–Crippen LogP) is 3.60. The molecule has 0 aliphatic carbocycles. The molecule has 36 heavy (non-hydrogen) atoms. The zero-order valence-corrected chi connectivity index (χ0v) is 19.6. The van der Waals surface area contributed by atoms with Crippen LogP contribution in [0.5, 0.6) is 5.75 Å². The molecular formula is C27H23FN2O6. The van der Waals surface area contributed by atoms with Crippen LogP contribution in [0, 0.1) is 5.82 Å². The molecule has 9 heteroatoms. The fraction of sp³-hybridized carbons (Fsp3) is 0.185. The number of hydrogen-bond donors (Lipinski definition) is 0. The summed E-state index contributed by atoms with van der Waals surface area (Å²) < 4.78 is 23.3. The van der Waals surface area contributed by atoms with E-state index in [9.17, 15) is 23.6 Å². The second kappa shape index (κ2) is 10.4. The number of nitrogens with zero attached hydrogens (tertiary/aromatic N) is 2. The van der Waals surface area contributed by atoms with Gasteiger partial charge in [0.25, 0.3) is 11.8 Å². The number of esters is 1. The molecular weight excluding hydrogens is 467 g/mol. The number of hydrogen-bond acceptors (Lipinski definition) is 6. The first-order valence-corrected chi connectivity index (χ1v) is 11.1. The zero-order chi connectivity index (χ0) is 25.8. The van der Waals surface area contributed by atoms with E-state index in [1.54, 1.807) is 24.3 Å². The van der Waals surface area contributed by atoms with Crippen LogP contribution in [0.15, 0.2) is 72.8 Å². The fourth-order valence-corrected chi connectivity index (χ4v) is 4.03. The van der Waals surface area contributed by atoms with E-state index in [0.717, 1.165) is 4.90 Å². The highest BCUT2D eigenvalue weighted by molar-refractivity contribution is 6.23. The molecule has 1 saturated heterocycles. The van der Waals surface area contributed by atoms with Crippen LogP contribution in [0.3, 0.4) is 0 Å². The summed E-state index contributed by atoms with van der Waals surface area (Å²) in [4.78, 5) is 54.0. The molecule has 0 spiro atoms. The molecule has 1 aliphatic rings. The Morgan fingerprint density at radius 1 is 0.972 bits per heavy atom. The molecule has 0 radical (unpaired) electrons. The molecule has 1 unspecified atom stereocenters. The van der Waals surface area contributed by atoms with Gasteiger partial charge in [-0.2, -0.15) is 0 Å².